The minimum absolute atomic E-state index is 0.103. The summed E-state index contributed by atoms with van der Waals surface area (Å²) in [6.45, 7) is 0. The number of fused-ring (bicyclic) bond motifs is 1. The molecule has 0 aliphatic carbocycles. The second-order valence-electron chi connectivity index (χ2n) is 2.40. The molecular formula is C8H7FN2. The molecule has 0 bridgehead atoms. The van der Waals surface area contributed by atoms with Gasteiger partial charge in [-0.15, -0.1) is 0 Å². The minimum Gasteiger partial charge on any atom is -0.383 e. The van der Waals surface area contributed by atoms with Gasteiger partial charge in [0.15, 0.2) is 5.82 Å². The second-order valence-corrected chi connectivity index (χ2v) is 2.40. The number of nitrogens with one attached hydrogen (secondary N) is 1. The maximum atomic E-state index is 13.0. The number of para-hydroxylation sites is 1. The Morgan fingerprint density at radius 3 is 2.73 bits per heavy atom. The second kappa shape index (κ2) is 1.99. The van der Waals surface area contributed by atoms with Gasteiger partial charge in [0.2, 0.25) is 0 Å². The summed E-state index contributed by atoms with van der Waals surface area (Å²) in [7, 11) is 0. The molecule has 0 aliphatic rings. The Morgan fingerprint density at radius 2 is 2.00 bits per heavy atom. The fourth-order valence-electron chi connectivity index (χ4n) is 1.13. The van der Waals surface area contributed by atoms with Gasteiger partial charge in [-0.3, -0.25) is 0 Å². The molecule has 0 aliphatic heterocycles. The number of nitrogens with two attached hydrogens (primary N) is 1. The van der Waals surface area contributed by atoms with Crippen molar-refractivity contribution in [3.05, 3.63) is 30.1 Å². The first kappa shape index (κ1) is 6.22. The summed E-state index contributed by atoms with van der Waals surface area (Å²) in [6.07, 6.45) is 0. The normalized spacial score (nSPS) is 10.6. The third kappa shape index (κ3) is 0.774. The van der Waals surface area contributed by atoms with Gasteiger partial charge >= 0.3 is 0 Å². The van der Waals surface area contributed by atoms with Crippen molar-refractivity contribution in [3.8, 4) is 0 Å². The van der Waals surface area contributed by atoms with E-state index in [1.54, 1.807) is 18.2 Å². The van der Waals surface area contributed by atoms with Gasteiger partial charge in [0.05, 0.1) is 5.52 Å². The third-order valence-electron chi connectivity index (χ3n) is 1.67. The number of H-pyrrole nitrogens is 1. The Bertz CT molecular complexity index is 392. The number of anilines is 1. The molecule has 2 rings (SSSR count). The van der Waals surface area contributed by atoms with Crippen molar-refractivity contribution in [2.45, 2.75) is 0 Å². The van der Waals surface area contributed by atoms with Crippen LogP contribution in [0.4, 0.5) is 10.2 Å². The summed E-state index contributed by atoms with van der Waals surface area (Å²) >= 11 is 0. The highest BCUT2D eigenvalue weighted by Crippen LogP contribution is 2.21. The van der Waals surface area contributed by atoms with Crippen molar-refractivity contribution in [1.29, 1.82) is 0 Å². The molecule has 1 heterocycles. The van der Waals surface area contributed by atoms with Crippen LogP contribution in [0.2, 0.25) is 0 Å². The van der Waals surface area contributed by atoms with Gasteiger partial charge in [-0.25, -0.2) is 4.39 Å². The Morgan fingerprint density at radius 1 is 1.27 bits per heavy atom. The molecule has 11 heavy (non-hydrogen) atoms. The fraction of sp³-hybridized carbons (Fsp3) is 0. The first-order valence-electron chi connectivity index (χ1n) is 3.31. The van der Waals surface area contributed by atoms with Gasteiger partial charge in [0.1, 0.15) is 5.82 Å². The number of nitrogen functional groups attached to an aromatic ring is 1. The minimum atomic E-state index is -0.361. The van der Waals surface area contributed by atoms with Gasteiger partial charge in [-0.1, -0.05) is 12.1 Å². The van der Waals surface area contributed by atoms with E-state index < -0.39 is 0 Å². The van der Waals surface area contributed by atoms with Crippen LogP contribution in [0.5, 0.6) is 0 Å². The lowest BCUT2D eigenvalue weighted by Gasteiger charge is -1.84. The maximum absolute atomic E-state index is 13.0. The molecule has 0 atom stereocenters. The number of hydrogen-bond acceptors (Lipinski definition) is 1. The van der Waals surface area contributed by atoms with Crippen LogP contribution in [0.25, 0.3) is 10.9 Å². The van der Waals surface area contributed by atoms with Crippen molar-refractivity contribution in [2.75, 3.05) is 5.73 Å². The predicted octanol–water partition coefficient (Wildman–Crippen LogP) is 1.89. The van der Waals surface area contributed by atoms with Crippen LogP contribution in [0, 0.1) is 5.82 Å². The van der Waals surface area contributed by atoms with E-state index in [1.807, 2.05) is 6.07 Å². The molecule has 2 nitrogen and oxygen atoms in total. The number of rotatable bonds is 0. The maximum Gasteiger partial charge on any atom is 0.172 e. The lowest BCUT2D eigenvalue weighted by atomic mass is 10.2. The number of aromatic amines is 1. The molecule has 1 aromatic carbocycles. The summed E-state index contributed by atoms with van der Waals surface area (Å²) in [5.74, 6) is -0.258. The summed E-state index contributed by atoms with van der Waals surface area (Å²) < 4.78 is 13.0. The lowest BCUT2D eigenvalue weighted by molar-refractivity contribution is 0.644. The quantitative estimate of drug-likeness (QED) is 0.591. The van der Waals surface area contributed by atoms with Crippen LogP contribution in [-0.2, 0) is 0 Å². The highest BCUT2D eigenvalue weighted by atomic mass is 19.1. The molecule has 0 amide bonds. The molecule has 1 aromatic heterocycles. The number of benzene rings is 1. The van der Waals surface area contributed by atoms with E-state index in [4.69, 9.17) is 5.73 Å². The summed E-state index contributed by atoms with van der Waals surface area (Å²) in [5.41, 5.74) is 6.06. The van der Waals surface area contributed by atoms with E-state index in [-0.39, 0.29) is 11.6 Å². The van der Waals surface area contributed by atoms with E-state index in [0.717, 1.165) is 5.52 Å². The summed E-state index contributed by atoms with van der Waals surface area (Å²) in [5, 5.41) is 0.546. The fourth-order valence-corrected chi connectivity index (χ4v) is 1.13. The van der Waals surface area contributed by atoms with Gasteiger partial charge in [-0.05, 0) is 12.1 Å². The van der Waals surface area contributed by atoms with Crippen molar-refractivity contribution in [2.24, 2.45) is 0 Å². The topological polar surface area (TPSA) is 41.8 Å². The van der Waals surface area contributed by atoms with E-state index in [9.17, 15) is 4.39 Å². The van der Waals surface area contributed by atoms with E-state index >= 15 is 0 Å². The van der Waals surface area contributed by atoms with Gasteiger partial charge in [-0.2, -0.15) is 0 Å². The van der Waals surface area contributed by atoms with Gasteiger partial charge in [0, 0.05) is 5.39 Å². The molecular weight excluding hydrogens is 143 g/mol. The summed E-state index contributed by atoms with van der Waals surface area (Å²) in [6, 6.07) is 7.09. The predicted molar refractivity (Wildman–Crippen MR) is 42.7 cm³/mol. The Balaban J connectivity index is 2.92. The van der Waals surface area contributed by atoms with E-state index in [2.05, 4.69) is 4.98 Å². The molecule has 56 valence electrons. The van der Waals surface area contributed by atoms with Gasteiger partial charge in [0.25, 0.3) is 0 Å². The number of hydrogen-bond donors (Lipinski definition) is 2. The largest absolute Gasteiger partial charge is 0.383 e. The zero-order chi connectivity index (χ0) is 7.84. The molecule has 0 radical (unpaired) electrons. The number of halogens is 1. The first-order chi connectivity index (χ1) is 5.29. The molecule has 0 spiro atoms. The SMILES string of the molecule is Nc1[nH]c2ccccc2c1F. The number of aromatic nitrogens is 1. The molecule has 2 aromatic rings. The van der Waals surface area contributed by atoms with Crippen LogP contribution in [0.15, 0.2) is 24.3 Å². The molecule has 0 fully saturated rings. The average molecular weight is 150 g/mol. The van der Waals surface area contributed by atoms with E-state index in [0.29, 0.717) is 5.39 Å². The highest BCUT2D eigenvalue weighted by Gasteiger charge is 2.05. The lowest BCUT2D eigenvalue weighted by Crippen LogP contribution is -1.85. The van der Waals surface area contributed by atoms with Crippen molar-refractivity contribution >= 4 is 16.7 Å². The standard InChI is InChI=1S/C8H7FN2/c9-7-5-3-1-2-4-6(5)11-8(7)10/h1-4,11H,10H2. The Kier molecular flexibility index (Phi) is 1.12. The van der Waals surface area contributed by atoms with Crippen LogP contribution < -0.4 is 5.73 Å². The average Bonchev–Trinajstić information content (AvgIpc) is 2.30. The molecule has 0 unspecified atom stereocenters. The molecule has 0 saturated carbocycles. The van der Waals surface area contributed by atoms with Crippen LogP contribution >= 0.6 is 0 Å². The van der Waals surface area contributed by atoms with Crippen LogP contribution in [0.1, 0.15) is 0 Å². The molecule has 3 heteroatoms. The zero-order valence-electron chi connectivity index (χ0n) is 5.76. The Labute approximate surface area is 62.8 Å². The Hall–Kier alpha value is -1.51. The monoisotopic (exact) mass is 150 g/mol. The summed E-state index contributed by atoms with van der Waals surface area (Å²) in [4.78, 5) is 2.73. The highest BCUT2D eigenvalue weighted by molar-refractivity contribution is 5.84. The molecule has 3 N–H and O–H groups in total. The van der Waals surface area contributed by atoms with Crippen LogP contribution in [0.3, 0.4) is 0 Å². The van der Waals surface area contributed by atoms with Crippen molar-refractivity contribution < 1.29 is 4.39 Å². The van der Waals surface area contributed by atoms with Crippen molar-refractivity contribution in [1.82, 2.24) is 4.98 Å². The van der Waals surface area contributed by atoms with Crippen LogP contribution in [-0.4, -0.2) is 4.98 Å². The zero-order valence-corrected chi connectivity index (χ0v) is 5.76. The van der Waals surface area contributed by atoms with Gasteiger partial charge < -0.3 is 10.7 Å². The first-order valence-corrected chi connectivity index (χ1v) is 3.31. The molecule has 0 saturated heterocycles. The third-order valence-corrected chi connectivity index (χ3v) is 1.67. The smallest absolute Gasteiger partial charge is 0.172 e. The van der Waals surface area contributed by atoms with Crippen molar-refractivity contribution in [3.63, 3.8) is 0 Å². The van der Waals surface area contributed by atoms with E-state index in [1.165, 1.54) is 0 Å².